The van der Waals surface area contributed by atoms with Gasteiger partial charge in [0.05, 0.1) is 5.52 Å². The molecule has 2 atom stereocenters. The minimum Gasteiger partial charge on any atom is -0.310 e. The monoisotopic (exact) mass is 269 g/mol. The topological polar surface area (TPSA) is 28.2 Å². The third-order valence-electron chi connectivity index (χ3n) is 4.40. The van der Waals surface area contributed by atoms with Crippen LogP contribution in [-0.2, 0) is 6.54 Å². The minimum absolute atomic E-state index is 0.623. The average molecular weight is 269 g/mol. The van der Waals surface area contributed by atoms with E-state index in [4.69, 9.17) is 0 Å². The Hall–Kier alpha value is -1.45. The first-order chi connectivity index (χ1) is 9.74. The second kappa shape index (κ2) is 5.90. The molecule has 1 saturated heterocycles. The Morgan fingerprint density at radius 3 is 3.00 bits per heavy atom. The van der Waals surface area contributed by atoms with Gasteiger partial charge in [-0.3, -0.25) is 4.98 Å². The molecule has 3 nitrogen and oxygen atoms in total. The van der Waals surface area contributed by atoms with Gasteiger partial charge in [0.1, 0.15) is 0 Å². The molecule has 3 heteroatoms. The molecular weight excluding hydrogens is 246 g/mol. The molecule has 2 unspecified atom stereocenters. The van der Waals surface area contributed by atoms with Crippen LogP contribution in [0, 0.1) is 5.92 Å². The molecule has 1 aliphatic heterocycles. The van der Waals surface area contributed by atoms with E-state index in [2.05, 4.69) is 53.4 Å². The van der Waals surface area contributed by atoms with Crippen molar-refractivity contribution < 1.29 is 0 Å². The first-order valence-electron chi connectivity index (χ1n) is 7.48. The molecule has 1 fully saturated rings. The van der Waals surface area contributed by atoms with Crippen molar-refractivity contribution in [1.29, 1.82) is 0 Å². The second-order valence-electron chi connectivity index (χ2n) is 6.00. The Kier molecular flexibility index (Phi) is 3.99. The summed E-state index contributed by atoms with van der Waals surface area (Å²) < 4.78 is 0. The average Bonchev–Trinajstić information content (AvgIpc) is 2.46. The fourth-order valence-corrected chi connectivity index (χ4v) is 3.21. The van der Waals surface area contributed by atoms with E-state index in [9.17, 15) is 0 Å². The fourth-order valence-electron chi connectivity index (χ4n) is 3.21. The number of aromatic nitrogens is 1. The number of benzene rings is 1. The van der Waals surface area contributed by atoms with Crippen LogP contribution in [0.4, 0.5) is 0 Å². The van der Waals surface area contributed by atoms with E-state index in [1.54, 1.807) is 0 Å². The molecule has 1 aliphatic rings. The van der Waals surface area contributed by atoms with Crippen molar-refractivity contribution >= 4 is 10.9 Å². The normalized spacial score (nSPS) is 24.1. The van der Waals surface area contributed by atoms with Crippen molar-refractivity contribution in [2.45, 2.75) is 25.9 Å². The standard InChI is InChI=1S/C17H23N3/c1-13-12-20(2)10-8-16(13)19-11-14-7-9-18-17-6-4-3-5-15(14)17/h3-7,9,13,16,19H,8,10-12H2,1-2H3. The lowest BCUT2D eigenvalue weighted by molar-refractivity contribution is 0.174. The third kappa shape index (κ3) is 2.84. The lowest BCUT2D eigenvalue weighted by Gasteiger charge is -2.35. The predicted molar refractivity (Wildman–Crippen MR) is 83.6 cm³/mol. The van der Waals surface area contributed by atoms with E-state index < -0.39 is 0 Å². The van der Waals surface area contributed by atoms with Crippen LogP contribution < -0.4 is 5.32 Å². The van der Waals surface area contributed by atoms with Crippen LogP contribution in [-0.4, -0.2) is 36.1 Å². The third-order valence-corrected chi connectivity index (χ3v) is 4.40. The number of nitrogens with one attached hydrogen (secondary N) is 1. The zero-order valence-electron chi connectivity index (χ0n) is 12.3. The highest BCUT2D eigenvalue weighted by Gasteiger charge is 2.23. The molecule has 1 aromatic heterocycles. The van der Waals surface area contributed by atoms with Gasteiger partial charge in [0, 0.05) is 30.7 Å². The van der Waals surface area contributed by atoms with E-state index in [-0.39, 0.29) is 0 Å². The van der Waals surface area contributed by atoms with Gasteiger partial charge in [-0.1, -0.05) is 25.1 Å². The van der Waals surface area contributed by atoms with Crippen molar-refractivity contribution in [3.8, 4) is 0 Å². The van der Waals surface area contributed by atoms with Crippen molar-refractivity contribution in [1.82, 2.24) is 15.2 Å². The summed E-state index contributed by atoms with van der Waals surface area (Å²) in [5, 5.41) is 5.01. The number of para-hydroxylation sites is 1. The first-order valence-corrected chi connectivity index (χ1v) is 7.48. The van der Waals surface area contributed by atoms with Crippen LogP contribution in [0.15, 0.2) is 36.5 Å². The van der Waals surface area contributed by atoms with Gasteiger partial charge in [0.25, 0.3) is 0 Å². The molecule has 0 spiro atoms. The van der Waals surface area contributed by atoms with Gasteiger partial charge in [0.2, 0.25) is 0 Å². The predicted octanol–water partition coefficient (Wildman–Crippen LogP) is 2.66. The van der Waals surface area contributed by atoms with Crippen LogP contribution >= 0.6 is 0 Å². The molecule has 0 aliphatic carbocycles. The Morgan fingerprint density at radius 2 is 2.15 bits per heavy atom. The molecule has 0 bridgehead atoms. The van der Waals surface area contributed by atoms with Crippen LogP contribution in [0.25, 0.3) is 10.9 Å². The number of hydrogen-bond acceptors (Lipinski definition) is 3. The number of hydrogen-bond donors (Lipinski definition) is 1. The SMILES string of the molecule is CC1CN(C)CCC1NCc1ccnc2ccccc12. The maximum Gasteiger partial charge on any atom is 0.0705 e. The summed E-state index contributed by atoms with van der Waals surface area (Å²) in [6, 6.07) is 11.1. The maximum atomic E-state index is 4.43. The van der Waals surface area contributed by atoms with Crippen molar-refractivity contribution in [3.05, 3.63) is 42.1 Å². The van der Waals surface area contributed by atoms with Crippen LogP contribution in [0.5, 0.6) is 0 Å². The van der Waals surface area contributed by atoms with Gasteiger partial charge < -0.3 is 10.2 Å². The molecule has 2 aromatic rings. The number of pyridine rings is 1. The molecule has 1 N–H and O–H groups in total. The molecular formula is C17H23N3. The Balaban J connectivity index is 1.71. The summed E-state index contributed by atoms with van der Waals surface area (Å²) >= 11 is 0. The number of likely N-dealkylation sites (tertiary alicyclic amines) is 1. The van der Waals surface area contributed by atoms with E-state index in [1.807, 2.05) is 12.3 Å². The smallest absolute Gasteiger partial charge is 0.0705 e. The van der Waals surface area contributed by atoms with Gasteiger partial charge in [-0.25, -0.2) is 0 Å². The minimum atomic E-state index is 0.623. The summed E-state index contributed by atoms with van der Waals surface area (Å²) in [7, 11) is 2.21. The van der Waals surface area contributed by atoms with Crippen molar-refractivity contribution in [2.24, 2.45) is 5.92 Å². The number of fused-ring (bicyclic) bond motifs is 1. The molecule has 0 radical (unpaired) electrons. The maximum absolute atomic E-state index is 4.43. The Bertz CT molecular complexity index is 576. The van der Waals surface area contributed by atoms with Crippen LogP contribution in [0.3, 0.4) is 0 Å². The van der Waals surface area contributed by atoms with Crippen LogP contribution in [0.1, 0.15) is 18.9 Å². The fraction of sp³-hybridized carbons (Fsp3) is 0.471. The van der Waals surface area contributed by atoms with Crippen molar-refractivity contribution in [2.75, 3.05) is 20.1 Å². The highest BCUT2D eigenvalue weighted by Crippen LogP contribution is 2.19. The first kappa shape index (κ1) is 13.5. The van der Waals surface area contributed by atoms with Gasteiger partial charge in [-0.15, -0.1) is 0 Å². The molecule has 0 saturated carbocycles. The number of rotatable bonds is 3. The quantitative estimate of drug-likeness (QED) is 0.928. The Labute approximate surface area is 121 Å². The Morgan fingerprint density at radius 1 is 1.30 bits per heavy atom. The molecule has 20 heavy (non-hydrogen) atoms. The van der Waals surface area contributed by atoms with Crippen molar-refractivity contribution in [3.63, 3.8) is 0 Å². The second-order valence-corrected chi connectivity index (χ2v) is 6.00. The molecule has 106 valence electrons. The number of piperidine rings is 1. The lowest BCUT2D eigenvalue weighted by Crippen LogP contribution is -2.46. The molecule has 2 heterocycles. The zero-order chi connectivity index (χ0) is 13.9. The lowest BCUT2D eigenvalue weighted by atomic mass is 9.94. The van der Waals surface area contributed by atoms with Gasteiger partial charge >= 0.3 is 0 Å². The van der Waals surface area contributed by atoms with Crippen LogP contribution in [0.2, 0.25) is 0 Å². The van der Waals surface area contributed by atoms with E-state index in [1.165, 1.54) is 30.5 Å². The van der Waals surface area contributed by atoms with Gasteiger partial charge in [-0.2, -0.15) is 0 Å². The van der Waals surface area contributed by atoms with Gasteiger partial charge in [-0.05, 0) is 43.6 Å². The van der Waals surface area contributed by atoms with E-state index in [0.29, 0.717) is 12.0 Å². The number of nitrogens with zero attached hydrogens (tertiary/aromatic N) is 2. The summed E-state index contributed by atoms with van der Waals surface area (Å²) in [5.41, 5.74) is 2.44. The van der Waals surface area contributed by atoms with Gasteiger partial charge in [0.15, 0.2) is 0 Å². The van der Waals surface area contributed by atoms with E-state index in [0.717, 1.165) is 12.1 Å². The van der Waals surface area contributed by atoms with E-state index >= 15 is 0 Å². The summed E-state index contributed by atoms with van der Waals surface area (Å²) in [5.74, 6) is 0.710. The zero-order valence-corrected chi connectivity index (χ0v) is 12.3. The summed E-state index contributed by atoms with van der Waals surface area (Å²) in [6.07, 6.45) is 3.15. The molecule has 1 aromatic carbocycles. The summed E-state index contributed by atoms with van der Waals surface area (Å²) in [6.45, 7) is 5.66. The highest BCUT2D eigenvalue weighted by molar-refractivity contribution is 5.81. The molecule has 3 rings (SSSR count). The largest absolute Gasteiger partial charge is 0.310 e. The molecule has 0 amide bonds. The highest BCUT2D eigenvalue weighted by atomic mass is 15.1. The summed E-state index contributed by atoms with van der Waals surface area (Å²) in [4.78, 5) is 6.85.